The zero-order valence-corrected chi connectivity index (χ0v) is 15.1. The van der Waals surface area contributed by atoms with Crippen molar-refractivity contribution >= 4 is 11.9 Å². The van der Waals surface area contributed by atoms with Crippen molar-refractivity contribution in [3.63, 3.8) is 0 Å². The van der Waals surface area contributed by atoms with Crippen molar-refractivity contribution in [1.29, 1.82) is 0 Å². The van der Waals surface area contributed by atoms with E-state index in [2.05, 4.69) is 19.7 Å². The zero-order valence-electron chi connectivity index (χ0n) is 15.1. The van der Waals surface area contributed by atoms with Gasteiger partial charge in [-0.2, -0.15) is 0 Å². The molecule has 1 aliphatic heterocycles. The van der Waals surface area contributed by atoms with Gasteiger partial charge < -0.3 is 14.6 Å². The molecule has 136 valence electrons. The number of ether oxygens (including phenoxy) is 2. The maximum Gasteiger partial charge on any atom is 0.334 e. The molecule has 1 saturated heterocycles. The minimum absolute atomic E-state index is 0.123. The quantitative estimate of drug-likeness (QED) is 0.471. The normalized spacial score (nSPS) is 35.0. The molecule has 0 aromatic rings. The summed E-state index contributed by atoms with van der Waals surface area (Å²) in [7, 11) is 0. The number of carbonyl (C=O) groups is 2. The van der Waals surface area contributed by atoms with E-state index in [0.29, 0.717) is 17.6 Å². The van der Waals surface area contributed by atoms with Gasteiger partial charge in [0.15, 0.2) is 0 Å². The first-order valence-electron chi connectivity index (χ1n) is 8.33. The Morgan fingerprint density at radius 2 is 2.12 bits per heavy atom. The Morgan fingerprint density at radius 3 is 2.64 bits per heavy atom. The van der Waals surface area contributed by atoms with Crippen molar-refractivity contribution in [3.8, 4) is 0 Å². The maximum absolute atomic E-state index is 12.3. The lowest BCUT2D eigenvalue weighted by Gasteiger charge is -2.48. The standard InChI is InChI=1S/C20H26O5/c1-7-20(6)10-14(24-18(22)12(4)8-9-21)15-13(5)19(23)25-17(15)16(20)11(2)3/h7-8,14-17,21H,1-2,5,9-10H2,3-4,6H3. The predicted octanol–water partition coefficient (Wildman–Crippen LogP) is 2.72. The van der Waals surface area contributed by atoms with Crippen molar-refractivity contribution in [2.45, 2.75) is 39.4 Å². The number of aliphatic hydroxyl groups is 1. The number of carbonyl (C=O) groups excluding carboxylic acids is 2. The molecule has 0 radical (unpaired) electrons. The van der Waals surface area contributed by atoms with E-state index in [9.17, 15) is 9.59 Å². The Labute approximate surface area is 148 Å². The molecule has 1 heterocycles. The molecular formula is C20H26O5. The number of aliphatic hydroxyl groups excluding tert-OH is 1. The van der Waals surface area contributed by atoms with Crippen LogP contribution in [0.25, 0.3) is 0 Å². The average molecular weight is 346 g/mol. The van der Waals surface area contributed by atoms with E-state index in [0.717, 1.165) is 5.57 Å². The number of allylic oxidation sites excluding steroid dienone is 1. The average Bonchev–Trinajstić information content (AvgIpc) is 2.82. The van der Waals surface area contributed by atoms with Gasteiger partial charge in [0.25, 0.3) is 0 Å². The van der Waals surface area contributed by atoms with Gasteiger partial charge in [0.2, 0.25) is 0 Å². The van der Waals surface area contributed by atoms with E-state index >= 15 is 0 Å². The first kappa shape index (κ1) is 19.2. The summed E-state index contributed by atoms with van der Waals surface area (Å²) < 4.78 is 11.3. The maximum atomic E-state index is 12.3. The lowest BCUT2D eigenvalue weighted by Crippen LogP contribution is -2.51. The Bertz CT molecular complexity index is 659. The number of hydrogen-bond acceptors (Lipinski definition) is 5. The first-order valence-corrected chi connectivity index (χ1v) is 8.33. The minimum Gasteiger partial charge on any atom is -0.458 e. The number of fused-ring (bicyclic) bond motifs is 1. The molecule has 1 N–H and O–H groups in total. The predicted molar refractivity (Wildman–Crippen MR) is 94.5 cm³/mol. The van der Waals surface area contributed by atoms with E-state index in [-0.39, 0.29) is 12.5 Å². The summed E-state index contributed by atoms with van der Waals surface area (Å²) in [6.45, 7) is 17.1. The van der Waals surface area contributed by atoms with Gasteiger partial charge in [0, 0.05) is 17.1 Å². The van der Waals surface area contributed by atoms with E-state index in [1.165, 1.54) is 6.08 Å². The third-order valence-electron chi connectivity index (χ3n) is 5.32. The summed E-state index contributed by atoms with van der Waals surface area (Å²) in [6.07, 6.45) is 2.65. The summed E-state index contributed by atoms with van der Waals surface area (Å²) in [4.78, 5) is 24.4. The highest BCUT2D eigenvalue weighted by Crippen LogP contribution is 2.53. The van der Waals surface area contributed by atoms with Gasteiger partial charge in [0.05, 0.1) is 12.5 Å². The summed E-state index contributed by atoms with van der Waals surface area (Å²) in [5.74, 6) is -1.52. The molecule has 2 rings (SSSR count). The third kappa shape index (κ3) is 3.33. The van der Waals surface area contributed by atoms with Crippen LogP contribution < -0.4 is 0 Å². The van der Waals surface area contributed by atoms with Crippen LogP contribution in [0.2, 0.25) is 0 Å². The second-order valence-electron chi connectivity index (χ2n) is 7.17. The van der Waals surface area contributed by atoms with Crippen molar-refractivity contribution in [1.82, 2.24) is 0 Å². The fourth-order valence-corrected chi connectivity index (χ4v) is 4.00. The van der Waals surface area contributed by atoms with Crippen LogP contribution in [0.15, 0.2) is 48.6 Å². The van der Waals surface area contributed by atoms with Gasteiger partial charge in [-0.25, -0.2) is 9.59 Å². The fraction of sp³-hybridized carbons (Fsp3) is 0.500. The molecule has 5 nitrogen and oxygen atoms in total. The first-order chi connectivity index (χ1) is 11.7. The van der Waals surface area contributed by atoms with Crippen LogP contribution in [0, 0.1) is 17.3 Å². The smallest absolute Gasteiger partial charge is 0.334 e. The molecule has 0 bridgehead atoms. The second-order valence-corrected chi connectivity index (χ2v) is 7.17. The summed E-state index contributed by atoms with van der Waals surface area (Å²) in [5.41, 5.74) is 1.10. The Morgan fingerprint density at radius 1 is 1.48 bits per heavy atom. The van der Waals surface area contributed by atoms with Gasteiger partial charge in [0.1, 0.15) is 12.2 Å². The lowest BCUT2D eigenvalue weighted by molar-refractivity contribution is -0.158. The van der Waals surface area contributed by atoms with E-state index in [1.807, 2.05) is 19.9 Å². The molecule has 0 amide bonds. The van der Waals surface area contributed by atoms with Crippen LogP contribution in [0.4, 0.5) is 0 Å². The molecule has 5 unspecified atom stereocenters. The fourth-order valence-electron chi connectivity index (χ4n) is 4.00. The Kier molecular flexibility index (Phi) is 5.37. The van der Waals surface area contributed by atoms with E-state index in [1.54, 1.807) is 6.92 Å². The SMILES string of the molecule is C=CC1(C)CC(OC(=O)C(C)=CCO)C2C(=C)C(=O)OC2C1C(=C)C. The lowest BCUT2D eigenvalue weighted by atomic mass is 9.59. The van der Waals surface area contributed by atoms with Crippen LogP contribution in [-0.2, 0) is 19.1 Å². The second kappa shape index (κ2) is 7.00. The molecule has 25 heavy (non-hydrogen) atoms. The van der Waals surface area contributed by atoms with Crippen LogP contribution in [0.1, 0.15) is 27.2 Å². The number of esters is 2. The van der Waals surface area contributed by atoms with E-state index < -0.39 is 35.5 Å². The van der Waals surface area contributed by atoms with E-state index in [4.69, 9.17) is 14.6 Å². The van der Waals surface area contributed by atoms with Gasteiger partial charge in [-0.1, -0.05) is 31.7 Å². The molecule has 0 aromatic heterocycles. The van der Waals surface area contributed by atoms with Crippen molar-refractivity contribution in [3.05, 3.63) is 48.6 Å². The zero-order chi connectivity index (χ0) is 18.9. The minimum atomic E-state index is -0.558. The van der Waals surface area contributed by atoms with Gasteiger partial charge in [-0.3, -0.25) is 0 Å². The highest BCUT2D eigenvalue weighted by molar-refractivity contribution is 5.92. The van der Waals surface area contributed by atoms with Crippen molar-refractivity contribution < 1.29 is 24.2 Å². The van der Waals surface area contributed by atoms with Crippen molar-refractivity contribution in [2.75, 3.05) is 6.61 Å². The van der Waals surface area contributed by atoms with Gasteiger partial charge in [-0.15, -0.1) is 6.58 Å². The molecule has 5 heteroatoms. The topological polar surface area (TPSA) is 72.8 Å². The Hall–Kier alpha value is -2.14. The van der Waals surface area contributed by atoms with Crippen LogP contribution in [0.5, 0.6) is 0 Å². The summed E-state index contributed by atoms with van der Waals surface area (Å²) >= 11 is 0. The third-order valence-corrected chi connectivity index (χ3v) is 5.32. The largest absolute Gasteiger partial charge is 0.458 e. The van der Waals surface area contributed by atoms with Crippen LogP contribution in [-0.4, -0.2) is 35.9 Å². The summed E-state index contributed by atoms with van der Waals surface area (Å²) in [5, 5.41) is 8.95. The molecule has 1 aliphatic carbocycles. The molecule has 2 fully saturated rings. The van der Waals surface area contributed by atoms with Crippen LogP contribution in [0.3, 0.4) is 0 Å². The highest BCUT2D eigenvalue weighted by Gasteiger charge is 2.58. The van der Waals surface area contributed by atoms with Crippen molar-refractivity contribution in [2.24, 2.45) is 17.3 Å². The molecule has 2 aliphatic rings. The Balaban J connectivity index is 2.40. The monoisotopic (exact) mass is 346 g/mol. The van der Waals surface area contributed by atoms with Gasteiger partial charge >= 0.3 is 11.9 Å². The molecular weight excluding hydrogens is 320 g/mol. The highest BCUT2D eigenvalue weighted by atomic mass is 16.6. The molecule has 1 saturated carbocycles. The van der Waals surface area contributed by atoms with Gasteiger partial charge in [-0.05, 0) is 31.8 Å². The van der Waals surface area contributed by atoms with Crippen LogP contribution >= 0.6 is 0 Å². The molecule has 0 spiro atoms. The number of hydrogen-bond donors (Lipinski definition) is 1. The number of rotatable bonds is 5. The molecule has 0 aromatic carbocycles. The molecule has 5 atom stereocenters. The summed E-state index contributed by atoms with van der Waals surface area (Å²) in [6, 6.07) is 0.